The Labute approximate surface area is 189 Å². The Kier molecular flexibility index (Phi) is 4.83. The molecule has 3 aliphatic carbocycles. The predicted octanol–water partition coefficient (Wildman–Crippen LogP) is 2.49. The smallest absolute Gasteiger partial charge is 0.255 e. The number of pyridine rings is 2. The largest absolute Gasteiger partial charge is 0.387 e. The molecule has 3 aliphatic rings. The highest BCUT2D eigenvalue weighted by Crippen LogP contribution is 2.58. The van der Waals surface area contributed by atoms with E-state index in [0.717, 1.165) is 25.2 Å². The molecule has 6 rings (SSSR count). The van der Waals surface area contributed by atoms with E-state index in [2.05, 4.69) is 31.8 Å². The topological polar surface area (TPSA) is 129 Å². The van der Waals surface area contributed by atoms with Crippen molar-refractivity contribution in [1.82, 2.24) is 25.1 Å². The lowest BCUT2D eigenvalue weighted by molar-refractivity contribution is -0.00179. The van der Waals surface area contributed by atoms with E-state index >= 15 is 0 Å². The molecule has 1 unspecified atom stereocenters. The van der Waals surface area contributed by atoms with Gasteiger partial charge in [-0.05, 0) is 45.1 Å². The minimum atomic E-state index is -1.61. The van der Waals surface area contributed by atoms with Gasteiger partial charge in [-0.2, -0.15) is 15.0 Å². The zero-order valence-corrected chi connectivity index (χ0v) is 18.3. The van der Waals surface area contributed by atoms with Crippen molar-refractivity contribution < 1.29 is 14.3 Å². The molecule has 0 aromatic carbocycles. The van der Waals surface area contributed by atoms with Crippen LogP contribution in [0, 0.1) is 17.2 Å². The van der Waals surface area contributed by atoms with Crippen LogP contribution in [0.3, 0.4) is 0 Å². The van der Waals surface area contributed by atoms with Gasteiger partial charge >= 0.3 is 0 Å². The molecule has 1 atom stereocenters. The Morgan fingerprint density at radius 1 is 1.33 bits per heavy atom. The quantitative estimate of drug-likeness (QED) is 0.505. The van der Waals surface area contributed by atoms with Gasteiger partial charge in [-0.25, -0.2) is 14.4 Å². The second-order valence-corrected chi connectivity index (χ2v) is 9.61. The summed E-state index contributed by atoms with van der Waals surface area (Å²) in [4.78, 5) is 21.6. The van der Waals surface area contributed by atoms with Crippen molar-refractivity contribution in [2.45, 2.75) is 50.4 Å². The Morgan fingerprint density at radius 2 is 2.09 bits per heavy atom. The molecule has 0 spiro atoms. The molecular weight excluding hydrogens is 425 g/mol. The third kappa shape index (κ3) is 3.78. The number of carbonyl (C=O) groups is 1. The molecule has 3 N–H and O–H groups in total. The number of anilines is 1. The number of halogens is 1. The fourth-order valence-corrected chi connectivity index (χ4v) is 4.44. The predicted molar refractivity (Wildman–Crippen MR) is 119 cm³/mol. The zero-order valence-electron chi connectivity index (χ0n) is 18.3. The van der Waals surface area contributed by atoms with E-state index < -0.39 is 17.7 Å². The first kappa shape index (κ1) is 21.3. The second-order valence-electron chi connectivity index (χ2n) is 9.61. The Bertz CT molecular complexity index is 1270. The molecule has 2 bridgehead atoms. The number of alkyl halides is 1. The van der Waals surface area contributed by atoms with Crippen LogP contribution in [-0.2, 0) is 0 Å². The number of amides is 1. The van der Waals surface area contributed by atoms with Crippen LogP contribution in [0.1, 0.15) is 49.0 Å². The second kappa shape index (κ2) is 7.49. The molecule has 0 aliphatic heterocycles. The maximum absolute atomic E-state index is 14.1. The van der Waals surface area contributed by atoms with Gasteiger partial charge in [0.2, 0.25) is 0 Å². The third-order valence-corrected chi connectivity index (χ3v) is 6.53. The number of aliphatic hydroxyl groups is 1. The molecule has 3 aromatic rings. The van der Waals surface area contributed by atoms with E-state index in [1.807, 2.05) is 0 Å². The summed E-state index contributed by atoms with van der Waals surface area (Å²) in [5.74, 6) is 0.730. The van der Waals surface area contributed by atoms with Crippen molar-refractivity contribution in [3.8, 4) is 11.9 Å². The minimum absolute atomic E-state index is 0.0137. The number of rotatable bonds is 7. The number of hydrogen-bond acceptors (Lipinski definition) is 7. The lowest BCUT2D eigenvalue weighted by Gasteiger charge is -2.62. The van der Waals surface area contributed by atoms with Crippen LogP contribution in [0.5, 0.6) is 0 Å². The summed E-state index contributed by atoms with van der Waals surface area (Å²) in [5, 5.41) is 30.0. The highest BCUT2D eigenvalue weighted by molar-refractivity contribution is 5.99. The van der Waals surface area contributed by atoms with Crippen molar-refractivity contribution in [2.75, 3.05) is 11.9 Å². The maximum atomic E-state index is 14.1. The van der Waals surface area contributed by atoms with E-state index in [9.17, 15) is 14.3 Å². The van der Waals surface area contributed by atoms with E-state index in [0.29, 0.717) is 33.7 Å². The Hall–Kier alpha value is -3.58. The van der Waals surface area contributed by atoms with Gasteiger partial charge in [-0.3, -0.25) is 4.79 Å². The molecule has 1 amide bonds. The molecular formula is C23H24FN7O2. The summed E-state index contributed by atoms with van der Waals surface area (Å²) in [6.07, 6.45) is 6.08. The van der Waals surface area contributed by atoms with Crippen LogP contribution in [0.15, 0.2) is 30.7 Å². The maximum Gasteiger partial charge on any atom is 0.255 e. The van der Waals surface area contributed by atoms with Crippen molar-refractivity contribution in [1.29, 1.82) is 5.26 Å². The number of hydrogen-bond donors (Lipinski definition) is 3. The van der Waals surface area contributed by atoms with Crippen LogP contribution in [0.2, 0.25) is 0 Å². The van der Waals surface area contributed by atoms with Gasteiger partial charge in [-0.15, -0.1) is 0 Å². The van der Waals surface area contributed by atoms with Gasteiger partial charge < -0.3 is 15.7 Å². The summed E-state index contributed by atoms with van der Waals surface area (Å²) in [5.41, 5.74) is 0.294. The van der Waals surface area contributed by atoms with Gasteiger partial charge in [0.1, 0.15) is 12.2 Å². The monoisotopic (exact) mass is 449 g/mol. The zero-order chi connectivity index (χ0) is 23.4. The first-order chi connectivity index (χ1) is 15.7. The molecule has 3 saturated carbocycles. The molecule has 9 nitrogen and oxygen atoms in total. The van der Waals surface area contributed by atoms with Crippen molar-refractivity contribution in [3.05, 3.63) is 41.9 Å². The number of carbonyl (C=O) groups excluding carboxylic acids is 1. The van der Waals surface area contributed by atoms with Gasteiger partial charge in [0.05, 0.1) is 35.2 Å². The number of nitrogens with one attached hydrogen (secondary N) is 2. The van der Waals surface area contributed by atoms with E-state index in [4.69, 9.17) is 5.26 Å². The highest BCUT2D eigenvalue weighted by atomic mass is 19.1. The Morgan fingerprint density at radius 3 is 2.73 bits per heavy atom. The normalized spacial score (nSPS) is 22.1. The van der Waals surface area contributed by atoms with E-state index in [1.165, 1.54) is 26.2 Å². The molecule has 0 radical (unpaired) electrons. The van der Waals surface area contributed by atoms with Gasteiger partial charge in [-0.1, -0.05) is 0 Å². The lowest BCUT2D eigenvalue weighted by Crippen LogP contribution is -2.63. The summed E-state index contributed by atoms with van der Waals surface area (Å²) in [6, 6.07) is 5.50. The molecule has 33 heavy (non-hydrogen) atoms. The van der Waals surface area contributed by atoms with Crippen LogP contribution >= 0.6 is 0 Å². The summed E-state index contributed by atoms with van der Waals surface area (Å²) >= 11 is 0. The molecule has 3 fully saturated rings. The van der Waals surface area contributed by atoms with Crippen LogP contribution in [0.25, 0.3) is 16.9 Å². The fourth-order valence-electron chi connectivity index (χ4n) is 4.44. The standard InChI is InChI=1S/C23H24FN7O2/c1-22(2,33)18(24)12-28-21(32)16-11-26-19(4-17(16)30-23-5-14(6-23)7-23)31-20-15(10-29-31)3-13(8-25)9-27-20/h3-4,9-11,14,18,33H,5-7,12H2,1-2H3,(H,26,30)(H,28,32). The SMILES string of the molecule is CC(C)(O)C(F)CNC(=O)c1cnc(-n2ncc3cc(C#N)cnc32)cc1NC12CC(C1)C2. The molecule has 170 valence electrons. The van der Waals surface area contributed by atoms with Gasteiger partial charge in [0.15, 0.2) is 11.5 Å². The molecule has 10 heteroatoms. The van der Waals surface area contributed by atoms with E-state index in [1.54, 1.807) is 23.0 Å². The van der Waals surface area contributed by atoms with Crippen LogP contribution in [0.4, 0.5) is 10.1 Å². The average molecular weight is 449 g/mol. The van der Waals surface area contributed by atoms with Gasteiger partial charge in [0, 0.05) is 29.4 Å². The Balaban J connectivity index is 1.46. The number of aromatic nitrogens is 4. The fraction of sp³-hybridized carbons (Fsp3) is 0.435. The molecule has 3 heterocycles. The van der Waals surface area contributed by atoms with Crippen molar-refractivity contribution >= 4 is 22.6 Å². The lowest BCUT2D eigenvalue weighted by atomic mass is 9.50. The summed E-state index contributed by atoms with van der Waals surface area (Å²) < 4.78 is 15.7. The van der Waals surface area contributed by atoms with E-state index in [-0.39, 0.29) is 12.1 Å². The minimum Gasteiger partial charge on any atom is -0.387 e. The van der Waals surface area contributed by atoms with Gasteiger partial charge in [0.25, 0.3) is 5.91 Å². The number of nitriles is 1. The number of nitrogens with zero attached hydrogens (tertiary/aromatic N) is 5. The number of fused-ring (bicyclic) bond motifs is 1. The first-order valence-electron chi connectivity index (χ1n) is 10.8. The van der Waals surface area contributed by atoms with Crippen LogP contribution in [-0.4, -0.2) is 54.6 Å². The summed E-state index contributed by atoms with van der Waals surface area (Å²) in [7, 11) is 0. The van der Waals surface area contributed by atoms with Crippen molar-refractivity contribution in [2.24, 2.45) is 5.92 Å². The van der Waals surface area contributed by atoms with Crippen molar-refractivity contribution in [3.63, 3.8) is 0 Å². The summed E-state index contributed by atoms with van der Waals surface area (Å²) in [6.45, 7) is 2.40. The van der Waals surface area contributed by atoms with Crippen LogP contribution < -0.4 is 10.6 Å². The first-order valence-corrected chi connectivity index (χ1v) is 10.8. The third-order valence-electron chi connectivity index (χ3n) is 6.53. The molecule has 0 saturated heterocycles. The molecule has 3 aromatic heterocycles. The highest BCUT2D eigenvalue weighted by Gasteiger charge is 2.56. The average Bonchev–Trinajstić information content (AvgIpc) is 3.15.